The standard InChI is InChI=1S/C17H22O2Se/c1-2-9-17(18)19-15-12-7-4-8-13-16(15)20-14-10-5-3-6-11-14/h2-3,5-6,9-11,15-16H,4,7-8,12-13H2,1H3/b9-2+/t15-,16-/m0/s1. The zero-order chi connectivity index (χ0) is 14.2. The summed E-state index contributed by atoms with van der Waals surface area (Å²) in [5.41, 5.74) is 0. The molecule has 0 N–H and O–H groups in total. The van der Waals surface area contributed by atoms with Crippen LogP contribution in [0.1, 0.15) is 39.0 Å². The van der Waals surface area contributed by atoms with Crippen LogP contribution in [0.15, 0.2) is 42.5 Å². The van der Waals surface area contributed by atoms with Crippen LogP contribution in [0, 0.1) is 0 Å². The Balaban J connectivity index is 2.03. The van der Waals surface area contributed by atoms with Gasteiger partial charge in [0.1, 0.15) is 0 Å². The Labute approximate surface area is 127 Å². The molecule has 0 radical (unpaired) electrons. The van der Waals surface area contributed by atoms with Crippen LogP contribution in [0.2, 0.25) is 4.82 Å². The second-order valence-electron chi connectivity index (χ2n) is 5.08. The van der Waals surface area contributed by atoms with E-state index in [-0.39, 0.29) is 12.1 Å². The Kier molecular flexibility index (Phi) is 6.35. The molecule has 0 aromatic heterocycles. The van der Waals surface area contributed by atoms with E-state index in [1.165, 1.54) is 36.2 Å². The average molecular weight is 337 g/mol. The van der Waals surface area contributed by atoms with Gasteiger partial charge in [-0.1, -0.05) is 0 Å². The summed E-state index contributed by atoms with van der Waals surface area (Å²) in [6, 6.07) is 10.6. The molecule has 0 saturated heterocycles. The van der Waals surface area contributed by atoms with Gasteiger partial charge in [-0.05, 0) is 0 Å². The summed E-state index contributed by atoms with van der Waals surface area (Å²) in [6.45, 7) is 1.85. The molecule has 0 bridgehead atoms. The van der Waals surface area contributed by atoms with Crippen LogP contribution in [0.5, 0.6) is 0 Å². The minimum atomic E-state index is -0.187. The van der Waals surface area contributed by atoms with Crippen molar-refractivity contribution in [3.05, 3.63) is 42.5 Å². The van der Waals surface area contributed by atoms with E-state index in [0.717, 1.165) is 6.42 Å². The van der Waals surface area contributed by atoms with Gasteiger partial charge >= 0.3 is 127 Å². The van der Waals surface area contributed by atoms with Crippen LogP contribution in [0.4, 0.5) is 0 Å². The summed E-state index contributed by atoms with van der Waals surface area (Å²) in [6.07, 6.45) is 9.27. The molecule has 0 spiro atoms. The molecule has 2 nitrogen and oxygen atoms in total. The van der Waals surface area contributed by atoms with Crippen molar-refractivity contribution < 1.29 is 9.53 Å². The molecular formula is C17H22O2Se. The van der Waals surface area contributed by atoms with Gasteiger partial charge in [0, 0.05) is 0 Å². The van der Waals surface area contributed by atoms with Gasteiger partial charge < -0.3 is 0 Å². The fourth-order valence-electron chi connectivity index (χ4n) is 2.51. The normalized spacial score (nSPS) is 23.4. The topological polar surface area (TPSA) is 26.3 Å². The van der Waals surface area contributed by atoms with Crippen LogP contribution in [-0.2, 0) is 9.53 Å². The number of hydrogen-bond donors (Lipinski definition) is 0. The number of hydrogen-bond acceptors (Lipinski definition) is 2. The third kappa shape index (κ3) is 4.81. The molecule has 0 amide bonds. The van der Waals surface area contributed by atoms with Crippen molar-refractivity contribution in [1.29, 1.82) is 0 Å². The molecule has 1 aliphatic rings. The molecule has 0 heterocycles. The molecule has 0 unspecified atom stereocenters. The Morgan fingerprint density at radius 2 is 1.95 bits per heavy atom. The first-order valence-electron chi connectivity index (χ1n) is 7.34. The molecule has 1 aromatic carbocycles. The SMILES string of the molecule is C/C=C/C(=O)O[C@H]1CCCCC[C@@H]1[Se]c1ccccc1. The van der Waals surface area contributed by atoms with E-state index in [4.69, 9.17) is 4.74 Å². The van der Waals surface area contributed by atoms with Crippen molar-refractivity contribution in [2.45, 2.75) is 49.9 Å². The van der Waals surface area contributed by atoms with Gasteiger partial charge in [-0.25, -0.2) is 0 Å². The van der Waals surface area contributed by atoms with Crippen LogP contribution < -0.4 is 4.46 Å². The molecule has 1 aliphatic carbocycles. The zero-order valence-electron chi connectivity index (χ0n) is 12.0. The minimum absolute atomic E-state index is 0.0985. The van der Waals surface area contributed by atoms with Crippen molar-refractivity contribution in [2.24, 2.45) is 0 Å². The van der Waals surface area contributed by atoms with Crippen molar-refractivity contribution in [3.63, 3.8) is 0 Å². The Bertz CT molecular complexity index is 442. The summed E-state index contributed by atoms with van der Waals surface area (Å²) in [4.78, 5) is 12.2. The summed E-state index contributed by atoms with van der Waals surface area (Å²) in [5.74, 6) is -0.187. The van der Waals surface area contributed by atoms with Gasteiger partial charge in [0.05, 0.1) is 0 Å². The maximum atomic E-state index is 11.7. The molecule has 1 aromatic rings. The van der Waals surface area contributed by atoms with Gasteiger partial charge in [-0.15, -0.1) is 0 Å². The van der Waals surface area contributed by atoms with Crippen LogP contribution in [0.3, 0.4) is 0 Å². The third-order valence-electron chi connectivity index (χ3n) is 3.49. The van der Waals surface area contributed by atoms with E-state index in [2.05, 4.69) is 30.3 Å². The number of esters is 1. The predicted molar refractivity (Wildman–Crippen MR) is 83.4 cm³/mol. The van der Waals surface area contributed by atoms with E-state index in [0.29, 0.717) is 19.8 Å². The summed E-state index contributed by atoms with van der Waals surface area (Å²) in [5, 5.41) is 0. The molecule has 1 fully saturated rings. The fraction of sp³-hybridized carbons (Fsp3) is 0.471. The monoisotopic (exact) mass is 338 g/mol. The van der Waals surface area contributed by atoms with Gasteiger partial charge in [-0.2, -0.15) is 0 Å². The van der Waals surface area contributed by atoms with Crippen molar-refractivity contribution in [2.75, 3.05) is 0 Å². The quantitative estimate of drug-likeness (QED) is 0.365. The van der Waals surface area contributed by atoms with Gasteiger partial charge in [0.15, 0.2) is 0 Å². The zero-order valence-corrected chi connectivity index (χ0v) is 13.7. The number of allylic oxidation sites excluding steroid dienone is 1. The van der Waals surface area contributed by atoms with Crippen LogP contribution in [-0.4, -0.2) is 27.0 Å². The molecule has 2 rings (SSSR count). The van der Waals surface area contributed by atoms with Crippen molar-refractivity contribution in [1.82, 2.24) is 0 Å². The van der Waals surface area contributed by atoms with E-state index >= 15 is 0 Å². The molecule has 0 aliphatic heterocycles. The second-order valence-corrected chi connectivity index (χ2v) is 7.84. The molecule has 3 heteroatoms. The first kappa shape index (κ1) is 15.3. The number of carbonyl (C=O) groups excluding carboxylic acids is 1. The summed E-state index contributed by atoms with van der Waals surface area (Å²) >= 11 is 0.381. The summed E-state index contributed by atoms with van der Waals surface area (Å²) in [7, 11) is 0. The van der Waals surface area contributed by atoms with E-state index in [1.54, 1.807) is 6.08 Å². The first-order chi connectivity index (χ1) is 9.79. The molecule has 2 atom stereocenters. The number of carbonyl (C=O) groups is 1. The number of rotatable bonds is 4. The molecular weight excluding hydrogens is 315 g/mol. The van der Waals surface area contributed by atoms with Crippen LogP contribution in [0.25, 0.3) is 0 Å². The van der Waals surface area contributed by atoms with Crippen LogP contribution >= 0.6 is 0 Å². The van der Waals surface area contributed by atoms with E-state index in [9.17, 15) is 4.79 Å². The second kappa shape index (κ2) is 8.28. The third-order valence-corrected chi connectivity index (χ3v) is 6.40. The van der Waals surface area contributed by atoms with Crippen molar-refractivity contribution in [3.8, 4) is 0 Å². The van der Waals surface area contributed by atoms with Crippen molar-refractivity contribution >= 4 is 25.4 Å². The molecule has 20 heavy (non-hydrogen) atoms. The Morgan fingerprint density at radius 3 is 2.70 bits per heavy atom. The first-order valence-corrected chi connectivity index (χ1v) is 9.19. The molecule has 108 valence electrons. The van der Waals surface area contributed by atoms with E-state index in [1.807, 2.05) is 6.92 Å². The Morgan fingerprint density at radius 1 is 1.20 bits per heavy atom. The molecule has 1 saturated carbocycles. The Hall–Kier alpha value is -1.05. The number of benzene rings is 1. The van der Waals surface area contributed by atoms with Gasteiger partial charge in [0.25, 0.3) is 0 Å². The predicted octanol–water partition coefficient (Wildman–Crippen LogP) is 3.26. The van der Waals surface area contributed by atoms with E-state index < -0.39 is 0 Å². The van der Waals surface area contributed by atoms with Gasteiger partial charge in [0.2, 0.25) is 0 Å². The summed E-state index contributed by atoms with van der Waals surface area (Å²) < 4.78 is 7.09. The average Bonchev–Trinajstić information content (AvgIpc) is 2.66. The van der Waals surface area contributed by atoms with Gasteiger partial charge in [-0.3, -0.25) is 0 Å². The maximum absolute atomic E-state index is 11.7. The fourth-order valence-corrected chi connectivity index (χ4v) is 5.22. The number of ether oxygens (including phenoxy) is 1.